The average molecular weight is 255 g/mol. The fraction of sp³-hybridized carbons (Fsp3) is 1.00. The standard InChI is InChI=1S/C16H33NO/c1-3-5-7-11-15(12-8-6-4-2)17-18-16-13-9-10-14-16/h15-17H,3-14H2,1-2H3. The molecule has 0 spiro atoms. The van der Waals surface area contributed by atoms with Crippen molar-refractivity contribution in [2.75, 3.05) is 0 Å². The molecule has 2 nitrogen and oxygen atoms in total. The van der Waals surface area contributed by atoms with Crippen molar-refractivity contribution >= 4 is 0 Å². The number of unbranched alkanes of at least 4 members (excludes halogenated alkanes) is 4. The van der Waals surface area contributed by atoms with Gasteiger partial charge in [-0.05, 0) is 25.7 Å². The van der Waals surface area contributed by atoms with Crippen LogP contribution in [0.3, 0.4) is 0 Å². The summed E-state index contributed by atoms with van der Waals surface area (Å²) in [7, 11) is 0. The maximum absolute atomic E-state index is 5.88. The van der Waals surface area contributed by atoms with Crippen molar-refractivity contribution in [1.82, 2.24) is 5.48 Å². The highest BCUT2D eigenvalue weighted by Crippen LogP contribution is 2.21. The van der Waals surface area contributed by atoms with Gasteiger partial charge < -0.3 is 0 Å². The van der Waals surface area contributed by atoms with Gasteiger partial charge in [0.1, 0.15) is 0 Å². The van der Waals surface area contributed by atoms with E-state index in [-0.39, 0.29) is 0 Å². The molecule has 0 aromatic rings. The first-order valence-corrected chi connectivity index (χ1v) is 8.28. The van der Waals surface area contributed by atoms with E-state index in [1.807, 2.05) is 0 Å². The van der Waals surface area contributed by atoms with E-state index in [1.165, 1.54) is 77.0 Å². The van der Waals surface area contributed by atoms with Crippen molar-refractivity contribution in [3.8, 4) is 0 Å². The molecule has 0 amide bonds. The van der Waals surface area contributed by atoms with Crippen LogP contribution < -0.4 is 5.48 Å². The lowest BCUT2D eigenvalue weighted by atomic mass is 10.0. The van der Waals surface area contributed by atoms with Crippen molar-refractivity contribution in [1.29, 1.82) is 0 Å². The van der Waals surface area contributed by atoms with E-state index in [4.69, 9.17) is 4.84 Å². The van der Waals surface area contributed by atoms with Crippen LogP contribution in [0.5, 0.6) is 0 Å². The van der Waals surface area contributed by atoms with Gasteiger partial charge >= 0.3 is 0 Å². The van der Waals surface area contributed by atoms with Crippen molar-refractivity contribution in [2.45, 2.75) is 103 Å². The Labute approximate surface area is 114 Å². The molecule has 0 atom stereocenters. The monoisotopic (exact) mass is 255 g/mol. The van der Waals surface area contributed by atoms with Gasteiger partial charge in [-0.15, -0.1) is 0 Å². The molecule has 0 aromatic heterocycles. The van der Waals surface area contributed by atoms with Gasteiger partial charge in [0, 0.05) is 6.04 Å². The van der Waals surface area contributed by atoms with E-state index in [1.54, 1.807) is 0 Å². The molecule has 0 bridgehead atoms. The molecule has 1 N–H and O–H groups in total. The molecule has 1 rings (SSSR count). The largest absolute Gasteiger partial charge is 0.298 e. The van der Waals surface area contributed by atoms with Gasteiger partial charge in [-0.25, -0.2) is 0 Å². The van der Waals surface area contributed by atoms with Crippen LogP contribution in [0.2, 0.25) is 0 Å². The van der Waals surface area contributed by atoms with Crippen LogP contribution in [-0.2, 0) is 4.84 Å². The molecular formula is C16H33NO. The van der Waals surface area contributed by atoms with E-state index < -0.39 is 0 Å². The lowest BCUT2D eigenvalue weighted by Gasteiger charge is -2.21. The van der Waals surface area contributed by atoms with Gasteiger partial charge in [0.15, 0.2) is 0 Å². The molecule has 0 aromatic carbocycles. The first-order valence-electron chi connectivity index (χ1n) is 8.28. The predicted molar refractivity (Wildman–Crippen MR) is 78.5 cm³/mol. The van der Waals surface area contributed by atoms with Crippen LogP contribution in [-0.4, -0.2) is 12.1 Å². The fourth-order valence-electron chi connectivity index (χ4n) is 2.74. The van der Waals surface area contributed by atoms with E-state index in [2.05, 4.69) is 19.3 Å². The minimum atomic E-state index is 0.491. The van der Waals surface area contributed by atoms with Gasteiger partial charge in [0.25, 0.3) is 0 Å². The third-order valence-electron chi connectivity index (χ3n) is 4.02. The molecule has 108 valence electrons. The smallest absolute Gasteiger partial charge is 0.0790 e. The Morgan fingerprint density at radius 2 is 1.50 bits per heavy atom. The molecule has 0 aliphatic heterocycles. The third kappa shape index (κ3) is 7.38. The molecule has 0 heterocycles. The quantitative estimate of drug-likeness (QED) is 0.415. The molecule has 2 heteroatoms. The molecule has 1 fully saturated rings. The maximum atomic E-state index is 5.88. The van der Waals surface area contributed by atoms with Crippen molar-refractivity contribution in [2.24, 2.45) is 0 Å². The molecule has 0 radical (unpaired) electrons. The van der Waals surface area contributed by atoms with E-state index in [0.717, 1.165) is 0 Å². The van der Waals surface area contributed by atoms with E-state index in [9.17, 15) is 0 Å². The summed E-state index contributed by atoms with van der Waals surface area (Å²) in [6.45, 7) is 4.54. The summed E-state index contributed by atoms with van der Waals surface area (Å²) in [6, 6.07) is 0.587. The minimum Gasteiger partial charge on any atom is -0.298 e. The Kier molecular flexibility index (Phi) is 9.59. The summed E-state index contributed by atoms with van der Waals surface area (Å²) in [5.74, 6) is 0. The Balaban J connectivity index is 2.14. The van der Waals surface area contributed by atoms with E-state index >= 15 is 0 Å². The summed E-state index contributed by atoms with van der Waals surface area (Å²) < 4.78 is 0. The first-order chi connectivity index (χ1) is 8.86. The van der Waals surface area contributed by atoms with Gasteiger partial charge in [0.05, 0.1) is 6.10 Å². The summed E-state index contributed by atoms with van der Waals surface area (Å²) in [5.41, 5.74) is 3.38. The van der Waals surface area contributed by atoms with Crippen molar-refractivity contribution < 1.29 is 4.84 Å². The molecule has 1 aliphatic rings. The number of hydroxylamine groups is 1. The lowest BCUT2D eigenvalue weighted by molar-refractivity contribution is -0.0436. The number of rotatable bonds is 11. The summed E-state index contributed by atoms with van der Waals surface area (Å²) >= 11 is 0. The number of hydrogen-bond acceptors (Lipinski definition) is 2. The first kappa shape index (κ1) is 16.0. The lowest BCUT2D eigenvalue weighted by Crippen LogP contribution is -2.32. The SMILES string of the molecule is CCCCCC(CCCCC)NOC1CCCC1. The van der Waals surface area contributed by atoms with Crippen LogP contribution in [0.25, 0.3) is 0 Å². The van der Waals surface area contributed by atoms with Crippen molar-refractivity contribution in [3.63, 3.8) is 0 Å². The highest BCUT2D eigenvalue weighted by atomic mass is 16.7. The Morgan fingerprint density at radius 1 is 0.944 bits per heavy atom. The summed E-state index contributed by atoms with van der Waals surface area (Å²) in [4.78, 5) is 5.88. The van der Waals surface area contributed by atoms with Gasteiger partial charge in [-0.2, -0.15) is 5.48 Å². The second-order valence-corrected chi connectivity index (χ2v) is 5.83. The zero-order valence-corrected chi connectivity index (χ0v) is 12.5. The van der Waals surface area contributed by atoms with Gasteiger partial charge in [-0.3, -0.25) is 4.84 Å². The Bertz CT molecular complexity index is 168. The summed E-state index contributed by atoms with van der Waals surface area (Å²) in [5, 5.41) is 0. The Morgan fingerprint density at radius 3 is 2.00 bits per heavy atom. The molecule has 1 aliphatic carbocycles. The van der Waals surface area contributed by atoms with Crippen molar-refractivity contribution in [3.05, 3.63) is 0 Å². The summed E-state index contributed by atoms with van der Waals surface area (Å²) in [6.07, 6.45) is 16.3. The normalized spacial score (nSPS) is 16.8. The van der Waals surface area contributed by atoms with E-state index in [0.29, 0.717) is 12.1 Å². The highest BCUT2D eigenvalue weighted by molar-refractivity contribution is 4.68. The highest BCUT2D eigenvalue weighted by Gasteiger charge is 2.17. The molecule has 0 saturated heterocycles. The molecule has 0 unspecified atom stereocenters. The van der Waals surface area contributed by atoms with Crippen LogP contribution in [0.4, 0.5) is 0 Å². The zero-order chi connectivity index (χ0) is 13.1. The van der Waals surface area contributed by atoms with Crippen LogP contribution in [0.15, 0.2) is 0 Å². The van der Waals surface area contributed by atoms with Gasteiger partial charge in [-0.1, -0.05) is 65.2 Å². The second-order valence-electron chi connectivity index (χ2n) is 5.83. The number of hydrogen-bond donors (Lipinski definition) is 1. The zero-order valence-electron chi connectivity index (χ0n) is 12.5. The number of nitrogens with one attached hydrogen (secondary N) is 1. The fourth-order valence-corrected chi connectivity index (χ4v) is 2.74. The van der Waals surface area contributed by atoms with Crippen LogP contribution >= 0.6 is 0 Å². The second kappa shape index (κ2) is 10.8. The maximum Gasteiger partial charge on any atom is 0.0790 e. The Hall–Kier alpha value is -0.0800. The molecule has 18 heavy (non-hydrogen) atoms. The van der Waals surface area contributed by atoms with Gasteiger partial charge in [0.2, 0.25) is 0 Å². The van der Waals surface area contributed by atoms with Crippen LogP contribution in [0, 0.1) is 0 Å². The van der Waals surface area contributed by atoms with Crippen LogP contribution in [0.1, 0.15) is 90.9 Å². The third-order valence-corrected chi connectivity index (χ3v) is 4.02. The molecular weight excluding hydrogens is 222 g/mol. The topological polar surface area (TPSA) is 21.3 Å². The predicted octanol–water partition coefficient (Wildman–Crippen LogP) is 4.98. The average Bonchev–Trinajstić information content (AvgIpc) is 2.89. The molecule has 1 saturated carbocycles. The minimum absolute atomic E-state index is 0.491.